The molecule has 8 heteroatoms. The zero-order chi connectivity index (χ0) is 20.7. The molecule has 28 heavy (non-hydrogen) atoms. The minimum atomic E-state index is -0.642. The topological polar surface area (TPSA) is 85.9 Å². The van der Waals surface area contributed by atoms with Crippen LogP contribution in [0.5, 0.6) is 17.2 Å². The Morgan fingerprint density at radius 1 is 1.07 bits per heavy atom. The molecule has 2 N–H and O–H groups in total. The molecule has 0 fully saturated rings. The third kappa shape index (κ3) is 5.16. The summed E-state index contributed by atoms with van der Waals surface area (Å²) >= 11 is 1.33. The van der Waals surface area contributed by atoms with E-state index in [1.165, 1.54) is 32.7 Å². The molecule has 0 saturated heterocycles. The van der Waals surface area contributed by atoms with Crippen molar-refractivity contribution in [2.45, 2.75) is 26.4 Å². The van der Waals surface area contributed by atoms with Crippen molar-refractivity contribution in [1.29, 1.82) is 0 Å². The monoisotopic (exact) mass is 406 g/mol. The van der Waals surface area contributed by atoms with Crippen molar-refractivity contribution in [3.05, 3.63) is 40.1 Å². The van der Waals surface area contributed by atoms with Gasteiger partial charge in [0.2, 0.25) is 11.7 Å². The lowest BCUT2D eigenvalue weighted by Crippen LogP contribution is -2.49. The Kier molecular flexibility index (Phi) is 7.69. The highest BCUT2D eigenvalue weighted by Crippen LogP contribution is 2.38. The molecule has 2 rings (SSSR count). The average molecular weight is 407 g/mol. The molecule has 152 valence electrons. The number of benzene rings is 1. The first-order valence-corrected chi connectivity index (χ1v) is 9.70. The van der Waals surface area contributed by atoms with E-state index in [9.17, 15) is 9.59 Å². The zero-order valence-electron chi connectivity index (χ0n) is 16.7. The van der Waals surface area contributed by atoms with Gasteiger partial charge in [-0.3, -0.25) is 9.59 Å². The maximum atomic E-state index is 12.7. The van der Waals surface area contributed by atoms with Crippen LogP contribution in [0, 0.1) is 5.92 Å². The summed E-state index contributed by atoms with van der Waals surface area (Å²) in [5, 5.41) is 7.50. The quantitative estimate of drug-likeness (QED) is 0.669. The molecule has 0 radical (unpaired) electrons. The van der Waals surface area contributed by atoms with Crippen molar-refractivity contribution in [3.8, 4) is 17.2 Å². The third-order valence-electron chi connectivity index (χ3n) is 4.17. The molecule has 1 aromatic carbocycles. The smallest absolute Gasteiger partial charge is 0.262 e. The molecule has 1 aromatic heterocycles. The highest BCUT2D eigenvalue weighted by Gasteiger charge is 2.25. The summed E-state index contributed by atoms with van der Waals surface area (Å²) in [6.45, 7) is 4.03. The standard InChI is InChI=1S/C20H26N2O5S/c1-12(2)17(22-19(23)16-7-6-8-28-16)20(24)21-11-13-9-14(25-3)18(27-5)15(10-13)26-4/h6-10,12,17H,11H2,1-5H3,(H,21,24)(H,22,23)/t17-/m0/s1. The second-order valence-corrected chi connectivity index (χ2v) is 7.37. The van der Waals surface area contributed by atoms with Crippen molar-refractivity contribution in [2.75, 3.05) is 21.3 Å². The largest absolute Gasteiger partial charge is 0.493 e. The molecular weight excluding hydrogens is 380 g/mol. The SMILES string of the molecule is COc1cc(CNC(=O)[C@@H](NC(=O)c2cccs2)C(C)C)cc(OC)c1OC. The van der Waals surface area contributed by atoms with Gasteiger partial charge in [-0.05, 0) is 35.1 Å². The van der Waals surface area contributed by atoms with Crippen molar-refractivity contribution < 1.29 is 23.8 Å². The highest BCUT2D eigenvalue weighted by atomic mass is 32.1. The lowest BCUT2D eigenvalue weighted by Gasteiger charge is -2.22. The molecular formula is C20H26N2O5S. The fourth-order valence-corrected chi connectivity index (χ4v) is 3.32. The van der Waals surface area contributed by atoms with Gasteiger partial charge in [0.1, 0.15) is 6.04 Å². The molecule has 1 atom stereocenters. The second-order valence-electron chi connectivity index (χ2n) is 6.42. The first-order chi connectivity index (χ1) is 13.4. The number of thiophene rings is 1. The Hall–Kier alpha value is -2.74. The van der Waals surface area contributed by atoms with Crippen LogP contribution in [-0.4, -0.2) is 39.2 Å². The van der Waals surface area contributed by atoms with E-state index in [-0.39, 0.29) is 24.3 Å². The molecule has 1 heterocycles. The van der Waals surface area contributed by atoms with Crippen LogP contribution in [0.3, 0.4) is 0 Å². The Morgan fingerprint density at radius 2 is 1.71 bits per heavy atom. The maximum absolute atomic E-state index is 12.7. The normalized spacial score (nSPS) is 11.6. The number of amides is 2. The number of nitrogens with one attached hydrogen (secondary N) is 2. The molecule has 0 spiro atoms. The van der Waals surface area contributed by atoms with Gasteiger partial charge in [-0.1, -0.05) is 19.9 Å². The first kappa shape index (κ1) is 21.6. The number of rotatable bonds is 9. The van der Waals surface area contributed by atoms with Gasteiger partial charge in [0.05, 0.1) is 26.2 Å². The van der Waals surface area contributed by atoms with Crippen molar-refractivity contribution in [1.82, 2.24) is 10.6 Å². The third-order valence-corrected chi connectivity index (χ3v) is 5.04. The molecule has 0 unspecified atom stereocenters. The Labute approximate surface area is 169 Å². The fraction of sp³-hybridized carbons (Fsp3) is 0.400. The number of carbonyl (C=O) groups is 2. The maximum Gasteiger partial charge on any atom is 0.262 e. The van der Waals surface area contributed by atoms with E-state index in [1.807, 2.05) is 19.2 Å². The van der Waals surface area contributed by atoms with Gasteiger partial charge in [-0.2, -0.15) is 0 Å². The van der Waals surface area contributed by atoms with Crippen molar-refractivity contribution >= 4 is 23.2 Å². The number of methoxy groups -OCH3 is 3. The lowest BCUT2D eigenvalue weighted by molar-refractivity contribution is -0.124. The number of ether oxygens (including phenoxy) is 3. The Bertz CT molecular complexity index is 780. The second kappa shape index (κ2) is 9.98. The van der Waals surface area contributed by atoms with Gasteiger partial charge in [0.25, 0.3) is 5.91 Å². The van der Waals surface area contributed by atoms with Crippen LogP contribution in [0.25, 0.3) is 0 Å². The van der Waals surface area contributed by atoms with Crippen LogP contribution in [0.2, 0.25) is 0 Å². The molecule has 0 aliphatic carbocycles. The van der Waals surface area contributed by atoms with Crippen LogP contribution >= 0.6 is 11.3 Å². The summed E-state index contributed by atoms with van der Waals surface area (Å²) in [5.41, 5.74) is 0.787. The highest BCUT2D eigenvalue weighted by molar-refractivity contribution is 7.12. The fourth-order valence-electron chi connectivity index (χ4n) is 2.69. The van der Waals surface area contributed by atoms with Gasteiger partial charge < -0.3 is 24.8 Å². The van der Waals surface area contributed by atoms with Crippen LogP contribution < -0.4 is 24.8 Å². The average Bonchev–Trinajstić information content (AvgIpc) is 3.23. The molecule has 7 nitrogen and oxygen atoms in total. The molecule has 0 saturated carbocycles. The molecule has 2 aromatic rings. The van der Waals surface area contributed by atoms with Gasteiger partial charge in [0, 0.05) is 6.54 Å². The summed E-state index contributed by atoms with van der Waals surface area (Å²) in [7, 11) is 4.61. The summed E-state index contributed by atoms with van der Waals surface area (Å²) in [4.78, 5) is 25.6. The lowest BCUT2D eigenvalue weighted by atomic mass is 10.0. The summed E-state index contributed by atoms with van der Waals surface area (Å²) in [6.07, 6.45) is 0. The van der Waals surface area contributed by atoms with E-state index in [2.05, 4.69) is 10.6 Å². The van der Waals surface area contributed by atoms with Crippen molar-refractivity contribution in [2.24, 2.45) is 5.92 Å². The van der Waals surface area contributed by atoms with Crippen LogP contribution in [0.1, 0.15) is 29.1 Å². The Balaban J connectivity index is 2.09. The zero-order valence-corrected chi connectivity index (χ0v) is 17.5. The van der Waals surface area contributed by atoms with Crippen molar-refractivity contribution in [3.63, 3.8) is 0 Å². The minimum Gasteiger partial charge on any atom is -0.493 e. The molecule has 2 amide bonds. The summed E-state index contributed by atoms with van der Waals surface area (Å²) in [6, 6.07) is 6.43. The van der Waals surface area contributed by atoms with E-state index >= 15 is 0 Å². The predicted octanol–water partition coefficient (Wildman–Crippen LogP) is 2.84. The van der Waals surface area contributed by atoms with E-state index in [1.54, 1.807) is 24.3 Å². The molecule has 0 aliphatic rings. The number of carbonyl (C=O) groups excluding carboxylic acids is 2. The van der Waals surface area contributed by atoms with Crippen LogP contribution in [0.15, 0.2) is 29.6 Å². The van der Waals surface area contributed by atoms with Crippen LogP contribution in [0.4, 0.5) is 0 Å². The summed E-state index contributed by atoms with van der Waals surface area (Å²) < 4.78 is 16.0. The number of hydrogen-bond donors (Lipinski definition) is 2. The van der Waals surface area contributed by atoms with E-state index < -0.39 is 6.04 Å². The Morgan fingerprint density at radius 3 is 2.18 bits per heavy atom. The molecule has 0 aliphatic heterocycles. The predicted molar refractivity (Wildman–Crippen MR) is 108 cm³/mol. The van der Waals surface area contributed by atoms with Gasteiger partial charge >= 0.3 is 0 Å². The van der Waals surface area contributed by atoms with E-state index in [0.29, 0.717) is 22.1 Å². The first-order valence-electron chi connectivity index (χ1n) is 8.82. The van der Waals surface area contributed by atoms with E-state index in [4.69, 9.17) is 14.2 Å². The summed E-state index contributed by atoms with van der Waals surface area (Å²) in [5.74, 6) is 0.938. The van der Waals surface area contributed by atoms with Gasteiger partial charge in [-0.15, -0.1) is 11.3 Å². The van der Waals surface area contributed by atoms with Gasteiger partial charge in [0.15, 0.2) is 11.5 Å². The van der Waals surface area contributed by atoms with Gasteiger partial charge in [-0.25, -0.2) is 0 Å². The molecule has 0 bridgehead atoms. The number of hydrogen-bond acceptors (Lipinski definition) is 6. The van der Waals surface area contributed by atoms with E-state index in [0.717, 1.165) is 5.56 Å². The van der Waals surface area contributed by atoms with Crippen LogP contribution in [-0.2, 0) is 11.3 Å². The minimum absolute atomic E-state index is 0.0659.